The summed E-state index contributed by atoms with van der Waals surface area (Å²) in [5, 5.41) is 45.3. The van der Waals surface area contributed by atoms with Crippen LogP contribution in [-0.4, -0.2) is 184 Å². The molecule has 26 nitrogen and oxygen atoms in total. The van der Waals surface area contributed by atoms with Crippen LogP contribution in [0.25, 0.3) is 0 Å². The molecule has 0 saturated heterocycles. The van der Waals surface area contributed by atoms with Gasteiger partial charge >= 0.3 is 23.9 Å². The lowest BCUT2D eigenvalue weighted by Gasteiger charge is -2.33. The van der Waals surface area contributed by atoms with Gasteiger partial charge in [0.05, 0.1) is 26.2 Å². The molecule has 2 aromatic rings. The van der Waals surface area contributed by atoms with Crippen LogP contribution in [0.1, 0.15) is 68.9 Å². The van der Waals surface area contributed by atoms with Crippen molar-refractivity contribution in [2.24, 2.45) is 34.8 Å². The number of primary amides is 4. The van der Waals surface area contributed by atoms with Gasteiger partial charge in [0.25, 0.3) is 0 Å². The number of rotatable bonds is 37. The molecule has 0 radical (unpaired) electrons. The van der Waals surface area contributed by atoms with Gasteiger partial charge in [-0.25, -0.2) is 19.4 Å². The minimum atomic E-state index is -1.53. The summed E-state index contributed by atoms with van der Waals surface area (Å²) in [6.45, 7) is 2.49. The number of carbonyl (C=O) groups is 9. The number of thiocarbonyl (C=S) groups is 1. The number of anilines is 1. The Morgan fingerprint density at radius 3 is 1.92 bits per heavy atom. The molecule has 7 amide bonds. The zero-order chi connectivity index (χ0) is 56.2. The Morgan fingerprint density at radius 2 is 1.34 bits per heavy atom. The van der Waals surface area contributed by atoms with Crippen LogP contribution in [0.5, 0.6) is 0 Å². The molecule has 3 atom stereocenters. The van der Waals surface area contributed by atoms with Crippen molar-refractivity contribution >= 4 is 92.4 Å². The Labute approximate surface area is 454 Å². The van der Waals surface area contributed by atoms with Gasteiger partial charge in [-0.15, -0.1) is 0 Å². The van der Waals surface area contributed by atoms with E-state index in [1.54, 1.807) is 22.1 Å². The Bertz CT molecular complexity index is 2260. The molecule has 76 heavy (non-hydrogen) atoms. The van der Waals surface area contributed by atoms with Crippen LogP contribution in [-0.2, 0) is 51.3 Å². The number of carboxylic acids is 3. The first-order chi connectivity index (χ1) is 36.1. The van der Waals surface area contributed by atoms with Crippen molar-refractivity contribution in [1.29, 1.82) is 0 Å². The Kier molecular flexibility index (Phi) is 28.6. The minimum Gasteiger partial charge on any atom is -0.481 e. The number of nitrogens with one attached hydrogen (secondary N) is 6. The van der Waals surface area contributed by atoms with Crippen molar-refractivity contribution in [1.82, 2.24) is 46.3 Å². The number of carbonyl (C=O) groups excluding carboxylic acids is 6. The van der Waals surface area contributed by atoms with Crippen molar-refractivity contribution in [2.75, 3.05) is 77.3 Å². The Hall–Kier alpha value is -6.59. The predicted octanol–water partition coefficient (Wildman–Crippen LogP) is -1.16. The number of aliphatic carboxylic acids is 3. The number of pyridine rings is 1. The molecule has 1 fully saturated rings. The summed E-state index contributed by atoms with van der Waals surface area (Å²) in [5.74, 6) is -6.29. The summed E-state index contributed by atoms with van der Waals surface area (Å²) < 4.78 is 0.633. The maximum absolute atomic E-state index is 14.1. The second kappa shape index (κ2) is 34.1. The topological polar surface area (TPSA) is 413 Å². The van der Waals surface area contributed by atoms with Gasteiger partial charge in [-0.2, -0.15) is 0 Å². The van der Waals surface area contributed by atoms with Crippen molar-refractivity contribution < 1.29 is 58.5 Å². The van der Waals surface area contributed by atoms with Crippen LogP contribution in [0.15, 0.2) is 47.2 Å². The number of aromatic nitrogens is 1. The smallest absolute Gasteiger partial charge is 0.326 e. The fourth-order valence-electron chi connectivity index (χ4n) is 8.55. The largest absolute Gasteiger partial charge is 0.481 e. The van der Waals surface area contributed by atoms with Crippen LogP contribution < -0.4 is 54.8 Å². The van der Waals surface area contributed by atoms with E-state index >= 15 is 0 Å². The number of nitrogens with two attached hydrogens (primary N) is 4. The van der Waals surface area contributed by atoms with Gasteiger partial charge in [0.2, 0.25) is 29.5 Å². The molecule has 1 aromatic carbocycles. The Balaban J connectivity index is 1.56. The van der Waals surface area contributed by atoms with Crippen LogP contribution in [0.2, 0.25) is 0 Å². The third-order valence-electron chi connectivity index (χ3n) is 12.5. The highest BCUT2D eigenvalue weighted by Crippen LogP contribution is 2.30. The molecule has 28 heteroatoms. The molecule has 1 aliphatic carbocycles. The molecule has 1 aromatic heterocycles. The number of amides is 7. The van der Waals surface area contributed by atoms with Crippen LogP contribution in [0.3, 0.4) is 0 Å². The van der Waals surface area contributed by atoms with E-state index in [9.17, 15) is 53.4 Å². The van der Waals surface area contributed by atoms with Crippen molar-refractivity contribution in [2.45, 2.75) is 88.9 Å². The second-order valence-corrected chi connectivity index (χ2v) is 19.8. The SMILES string of the molecule is NC(=O)CNCCN(CCN(CC(N)=O)C(CNCC(N)=O)Cc1ccc(NC(=S)NCC2CCC(C(=O)N(CCCC[C@@H](NC(=O)N[C@H](CCC(=O)O)C(=O)O)C(=O)O)Cc3ccc(Br)nc3)CC2)cc1)CC(N)=O. The van der Waals surface area contributed by atoms with E-state index < -0.39 is 66.1 Å². The van der Waals surface area contributed by atoms with E-state index in [4.69, 9.17) is 40.3 Å². The predicted molar refractivity (Wildman–Crippen MR) is 287 cm³/mol. The minimum absolute atomic E-state index is 0.0133. The molecule has 0 aliphatic heterocycles. The number of hydrogen-bond acceptors (Lipinski definition) is 15. The second-order valence-electron chi connectivity index (χ2n) is 18.6. The molecule has 1 heterocycles. The number of hydrogen-bond donors (Lipinski definition) is 13. The van der Waals surface area contributed by atoms with Crippen LogP contribution in [0.4, 0.5) is 10.5 Å². The average Bonchev–Trinajstić information content (AvgIpc) is 3.35. The summed E-state index contributed by atoms with van der Waals surface area (Å²) >= 11 is 8.98. The van der Waals surface area contributed by atoms with Crippen molar-refractivity contribution in [3.8, 4) is 0 Å². The standard InChI is InChI=1S/C48H73BrN14O12S/c49-38-14-8-32(23-56-38)27-63(17-2-1-3-36(45(71)72)59-47(75)60-37(46(73)74)13-15-43(68)69)44(70)33-9-4-31(5-10-33)22-57-48(76)58-34-11-6-30(7-12-34)21-35(24-55-26-40(51)65)62(29-42(53)67)20-19-61(28-41(52)66)18-16-54-25-39(50)64/h6-8,11-12,14,23,31,33,35-37,54-55H,1-5,9-10,13,15-22,24-29H2,(H2,50,64)(H2,51,65)(H2,52,66)(H2,53,67)(H,68,69)(H,71,72)(H,73,74)(H2,57,58,76)(H2,59,60,75)/t31?,33?,35?,36-,37-/m1/s1. The lowest BCUT2D eigenvalue weighted by Crippen LogP contribution is -2.51. The monoisotopic (exact) mass is 1150 g/mol. The van der Waals surface area contributed by atoms with Gasteiger partial charge in [0, 0.05) is 82.6 Å². The first kappa shape index (κ1) is 63.7. The van der Waals surface area contributed by atoms with Crippen LogP contribution >= 0.6 is 28.1 Å². The van der Waals surface area contributed by atoms with Crippen molar-refractivity contribution in [3.63, 3.8) is 0 Å². The number of carboxylic acid groups (broad SMARTS) is 3. The first-order valence-electron chi connectivity index (χ1n) is 24.9. The zero-order valence-electron chi connectivity index (χ0n) is 42.4. The molecule has 1 aliphatic rings. The number of nitrogens with zero attached hydrogens (tertiary/aromatic N) is 4. The van der Waals surface area contributed by atoms with Gasteiger partial charge in [0.15, 0.2) is 5.11 Å². The maximum Gasteiger partial charge on any atom is 0.326 e. The molecule has 0 spiro atoms. The summed E-state index contributed by atoms with van der Waals surface area (Å²) in [6.07, 6.45) is 4.71. The quantitative estimate of drug-likeness (QED) is 0.0216. The highest BCUT2D eigenvalue weighted by molar-refractivity contribution is 9.10. The highest BCUT2D eigenvalue weighted by atomic mass is 79.9. The summed E-state index contributed by atoms with van der Waals surface area (Å²) in [5.41, 5.74) is 24.2. The average molecular weight is 1150 g/mol. The molecule has 420 valence electrons. The summed E-state index contributed by atoms with van der Waals surface area (Å²) in [7, 11) is 0. The van der Waals surface area contributed by atoms with Gasteiger partial charge in [-0.3, -0.25) is 38.6 Å². The first-order valence-corrected chi connectivity index (χ1v) is 26.1. The Morgan fingerprint density at radius 1 is 0.724 bits per heavy atom. The summed E-state index contributed by atoms with van der Waals surface area (Å²) in [6, 6.07) is 6.89. The number of unbranched alkanes of at least 4 members (excludes halogenated alkanes) is 1. The van der Waals surface area contributed by atoms with Crippen molar-refractivity contribution in [3.05, 3.63) is 58.3 Å². The number of halogens is 1. The maximum atomic E-state index is 14.1. The van der Waals surface area contributed by atoms with E-state index in [1.807, 2.05) is 35.2 Å². The molecular weight excluding hydrogens is 1080 g/mol. The molecule has 3 rings (SSSR count). The van der Waals surface area contributed by atoms with Gasteiger partial charge in [0.1, 0.15) is 16.7 Å². The molecule has 17 N–H and O–H groups in total. The summed E-state index contributed by atoms with van der Waals surface area (Å²) in [4.78, 5) is 118. The van der Waals surface area contributed by atoms with E-state index in [2.05, 4.69) is 52.8 Å². The fraction of sp³-hybridized carbons (Fsp3) is 0.562. The lowest BCUT2D eigenvalue weighted by atomic mass is 9.81. The van der Waals surface area contributed by atoms with Gasteiger partial charge in [-0.05, 0) is 121 Å². The van der Waals surface area contributed by atoms with Gasteiger partial charge in [-0.1, -0.05) is 18.2 Å². The van der Waals surface area contributed by atoms with E-state index in [-0.39, 0.29) is 75.9 Å². The van der Waals surface area contributed by atoms with E-state index in [0.717, 1.165) is 29.7 Å². The number of benzene rings is 1. The lowest BCUT2D eigenvalue weighted by molar-refractivity contribution is -0.141. The van der Waals surface area contributed by atoms with Gasteiger partial charge < -0.3 is 75.1 Å². The molecule has 1 unspecified atom stereocenters. The molecular formula is C48H73BrN14O12S. The normalized spacial score (nSPS) is 15.4. The third-order valence-corrected chi connectivity index (χ3v) is 13.2. The van der Waals surface area contributed by atoms with Crippen LogP contribution in [0, 0.1) is 11.8 Å². The third kappa shape index (κ3) is 26.3. The fourth-order valence-corrected chi connectivity index (χ4v) is 8.99. The number of urea groups is 1. The van der Waals surface area contributed by atoms with E-state index in [0.29, 0.717) is 81.1 Å². The highest BCUT2D eigenvalue weighted by Gasteiger charge is 2.31. The molecule has 0 bridgehead atoms. The zero-order valence-corrected chi connectivity index (χ0v) is 44.8. The molecule has 1 saturated carbocycles. The van der Waals surface area contributed by atoms with E-state index in [1.165, 1.54) is 0 Å².